The van der Waals surface area contributed by atoms with Gasteiger partial charge in [0.25, 0.3) is 0 Å². The van der Waals surface area contributed by atoms with Crippen molar-refractivity contribution in [3.63, 3.8) is 0 Å². The molecule has 35 heavy (non-hydrogen) atoms. The van der Waals surface area contributed by atoms with Crippen LogP contribution in [0.15, 0.2) is 36.0 Å². The van der Waals surface area contributed by atoms with Crippen molar-refractivity contribution in [2.75, 3.05) is 7.11 Å². The first kappa shape index (κ1) is 28.7. The molecule has 5 atom stereocenters. The second-order valence-electron chi connectivity index (χ2n) is 9.62. The monoisotopic (exact) mass is 489 g/mol. The van der Waals surface area contributed by atoms with E-state index in [4.69, 9.17) is 9.47 Å². The van der Waals surface area contributed by atoms with Gasteiger partial charge >= 0.3 is 5.97 Å². The lowest BCUT2D eigenvalue weighted by atomic mass is 9.86. The third-order valence-corrected chi connectivity index (χ3v) is 6.67. The first-order chi connectivity index (χ1) is 16.6. The molecule has 0 saturated carbocycles. The molecule has 8 heteroatoms. The van der Waals surface area contributed by atoms with Crippen LogP contribution in [0.2, 0.25) is 0 Å². The fourth-order valence-corrected chi connectivity index (χ4v) is 4.61. The van der Waals surface area contributed by atoms with E-state index in [0.717, 1.165) is 0 Å². The number of carbonyl (C=O) groups is 4. The van der Waals surface area contributed by atoms with Crippen molar-refractivity contribution in [1.29, 1.82) is 0 Å². The minimum atomic E-state index is -0.803. The van der Waals surface area contributed by atoms with E-state index in [2.05, 4.69) is 5.32 Å². The Hall–Kier alpha value is -2.58. The molecule has 2 aliphatic rings. The lowest BCUT2D eigenvalue weighted by Gasteiger charge is -2.27. The van der Waals surface area contributed by atoms with Gasteiger partial charge in [0.15, 0.2) is 0 Å². The number of aliphatic hydroxyl groups excluding tert-OH is 1. The average Bonchev–Trinajstić information content (AvgIpc) is 2.79. The number of methoxy groups -OCH3 is 1. The van der Waals surface area contributed by atoms with Crippen LogP contribution in [0.1, 0.15) is 65.7 Å². The van der Waals surface area contributed by atoms with E-state index >= 15 is 0 Å². The van der Waals surface area contributed by atoms with E-state index in [-0.39, 0.29) is 35.9 Å². The number of ketones is 1. The van der Waals surface area contributed by atoms with Crippen LogP contribution >= 0.6 is 0 Å². The molecule has 0 aromatic heterocycles. The number of allylic oxidation sites excluding steroid dienone is 2. The van der Waals surface area contributed by atoms with E-state index in [9.17, 15) is 24.3 Å². The second-order valence-corrected chi connectivity index (χ2v) is 9.62. The fourth-order valence-electron chi connectivity index (χ4n) is 4.61. The number of carbonyl (C=O) groups excluding carboxylic acids is 4. The molecular weight excluding hydrogens is 450 g/mol. The average molecular weight is 490 g/mol. The summed E-state index contributed by atoms with van der Waals surface area (Å²) in [5.41, 5.74) is 0.685. The number of imide groups is 1. The van der Waals surface area contributed by atoms with Gasteiger partial charge in [-0.25, -0.2) is 4.79 Å². The van der Waals surface area contributed by atoms with Gasteiger partial charge in [-0.05, 0) is 44.1 Å². The highest BCUT2D eigenvalue weighted by molar-refractivity contribution is 5.97. The van der Waals surface area contributed by atoms with Gasteiger partial charge in [-0.1, -0.05) is 38.2 Å². The second kappa shape index (κ2) is 14.1. The molecule has 2 heterocycles. The largest absolute Gasteiger partial charge is 0.454 e. The van der Waals surface area contributed by atoms with Crippen LogP contribution in [0.25, 0.3) is 0 Å². The Kier molecular flexibility index (Phi) is 11.5. The number of hydrogen-bond donors (Lipinski definition) is 2. The van der Waals surface area contributed by atoms with Crippen LogP contribution in [0.5, 0.6) is 0 Å². The topological polar surface area (TPSA) is 119 Å². The molecule has 0 aromatic rings. The van der Waals surface area contributed by atoms with E-state index < -0.39 is 30.2 Å². The van der Waals surface area contributed by atoms with Gasteiger partial charge in [0, 0.05) is 38.4 Å². The molecular formula is C27H39NO7. The maximum Gasteiger partial charge on any atom is 0.331 e. The summed E-state index contributed by atoms with van der Waals surface area (Å²) in [5, 5.41) is 13.1. The zero-order valence-electron chi connectivity index (χ0n) is 21.2. The number of cyclic esters (lactones) is 1. The van der Waals surface area contributed by atoms with Crippen LogP contribution in [-0.2, 0) is 28.7 Å². The molecule has 2 unspecified atom stereocenters. The molecule has 1 saturated heterocycles. The zero-order valence-corrected chi connectivity index (χ0v) is 21.2. The minimum Gasteiger partial charge on any atom is -0.454 e. The Morgan fingerprint density at radius 3 is 2.51 bits per heavy atom. The quantitative estimate of drug-likeness (QED) is 0.320. The molecule has 0 spiro atoms. The Bertz CT molecular complexity index is 844. The Morgan fingerprint density at radius 2 is 1.86 bits per heavy atom. The fraction of sp³-hybridized carbons (Fsp3) is 0.630. The van der Waals surface area contributed by atoms with Gasteiger partial charge in [-0.3, -0.25) is 19.7 Å². The number of amides is 2. The normalized spacial score (nSPS) is 31.3. The van der Waals surface area contributed by atoms with Gasteiger partial charge in [0.2, 0.25) is 11.8 Å². The molecule has 0 aromatic carbocycles. The van der Waals surface area contributed by atoms with Gasteiger partial charge in [-0.2, -0.15) is 0 Å². The van der Waals surface area contributed by atoms with Crippen LogP contribution in [-0.4, -0.2) is 54.1 Å². The van der Waals surface area contributed by atoms with Crippen LogP contribution in [0.4, 0.5) is 0 Å². The number of esters is 1. The number of aliphatic hydroxyl groups is 1. The molecule has 2 amide bonds. The van der Waals surface area contributed by atoms with Crippen LogP contribution in [0.3, 0.4) is 0 Å². The molecule has 0 radical (unpaired) electrons. The summed E-state index contributed by atoms with van der Waals surface area (Å²) in [7, 11) is 1.55. The lowest BCUT2D eigenvalue weighted by Crippen LogP contribution is -2.38. The molecule has 194 valence electrons. The summed E-state index contributed by atoms with van der Waals surface area (Å²) in [6.07, 6.45) is 9.96. The maximum absolute atomic E-state index is 13.0. The van der Waals surface area contributed by atoms with Crippen LogP contribution in [0, 0.1) is 17.8 Å². The Morgan fingerprint density at radius 1 is 1.20 bits per heavy atom. The number of piperidine rings is 1. The SMILES string of the molecule is COC1/C=C/CC/C=C/C(=O)OC([C@H](C)C(=O)CCCC2CC(=O)NC(=O)C2)/C(C)=C\[C@@H](C)[C@@H]1O. The minimum absolute atomic E-state index is 0.0524. The summed E-state index contributed by atoms with van der Waals surface area (Å²) in [4.78, 5) is 48.6. The zero-order chi connectivity index (χ0) is 26.0. The molecule has 8 nitrogen and oxygen atoms in total. The highest BCUT2D eigenvalue weighted by Crippen LogP contribution is 2.25. The smallest absolute Gasteiger partial charge is 0.331 e. The van der Waals surface area contributed by atoms with Gasteiger partial charge in [-0.15, -0.1) is 0 Å². The summed E-state index contributed by atoms with van der Waals surface area (Å²) in [5.74, 6) is -2.06. The summed E-state index contributed by atoms with van der Waals surface area (Å²) in [6, 6.07) is 0. The lowest BCUT2D eigenvalue weighted by molar-refractivity contribution is -0.145. The first-order valence-corrected chi connectivity index (χ1v) is 12.4. The molecule has 2 N–H and O–H groups in total. The Labute approximate surface area is 207 Å². The van der Waals surface area contributed by atoms with E-state index in [1.54, 1.807) is 27.0 Å². The van der Waals surface area contributed by atoms with Gasteiger partial charge < -0.3 is 14.6 Å². The third-order valence-electron chi connectivity index (χ3n) is 6.67. The number of hydrogen-bond acceptors (Lipinski definition) is 7. The number of Topliss-reactive ketones (excluding diaryl/α,β-unsaturated/α-hetero) is 1. The van der Waals surface area contributed by atoms with E-state index in [1.807, 2.05) is 25.2 Å². The standard InChI is InChI=1S/C27H39NO7/c1-17-14-18(2)27(35-25(32)13-8-6-5-7-12-22(34-4)26(17)33)19(3)21(29)11-9-10-20-15-23(30)28-24(31)16-20/h7-8,12-14,17,19-20,22,26-27,33H,5-6,9-11,15-16H2,1-4H3,(H,28,30,31)/b12-7+,13-8+,18-14-/t17-,19-,22?,26+,27?/m1/s1. The number of nitrogens with one attached hydrogen (secondary N) is 1. The van der Waals surface area contributed by atoms with Crippen molar-refractivity contribution < 1.29 is 33.8 Å². The summed E-state index contributed by atoms with van der Waals surface area (Å²) >= 11 is 0. The number of ether oxygens (including phenoxy) is 2. The number of rotatable bonds is 7. The van der Waals surface area contributed by atoms with Gasteiger partial charge in [0.1, 0.15) is 18.0 Å². The van der Waals surface area contributed by atoms with Crippen molar-refractivity contribution in [2.24, 2.45) is 17.8 Å². The highest BCUT2D eigenvalue weighted by Gasteiger charge is 2.31. The molecule has 0 aliphatic carbocycles. The van der Waals surface area contributed by atoms with Crippen molar-refractivity contribution in [3.8, 4) is 0 Å². The van der Waals surface area contributed by atoms with Crippen molar-refractivity contribution in [2.45, 2.75) is 84.0 Å². The first-order valence-electron chi connectivity index (χ1n) is 12.4. The van der Waals surface area contributed by atoms with Crippen molar-refractivity contribution >= 4 is 23.6 Å². The van der Waals surface area contributed by atoms with E-state index in [0.29, 0.717) is 44.1 Å². The van der Waals surface area contributed by atoms with Crippen molar-refractivity contribution in [1.82, 2.24) is 5.32 Å². The highest BCUT2D eigenvalue weighted by atomic mass is 16.5. The van der Waals surface area contributed by atoms with Gasteiger partial charge in [0.05, 0.1) is 12.0 Å². The predicted molar refractivity (Wildman–Crippen MR) is 131 cm³/mol. The third kappa shape index (κ3) is 9.18. The molecule has 1 fully saturated rings. The predicted octanol–water partition coefficient (Wildman–Crippen LogP) is 3.19. The van der Waals surface area contributed by atoms with Crippen molar-refractivity contribution in [3.05, 3.63) is 36.0 Å². The summed E-state index contributed by atoms with van der Waals surface area (Å²) < 4.78 is 11.1. The Balaban J connectivity index is 2.11. The molecule has 2 aliphatic heterocycles. The maximum atomic E-state index is 13.0. The van der Waals surface area contributed by atoms with E-state index in [1.165, 1.54) is 6.08 Å². The molecule has 2 rings (SSSR count). The summed E-state index contributed by atoms with van der Waals surface area (Å²) in [6.45, 7) is 5.39. The molecule has 0 bridgehead atoms. The van der Waals surface area contributed by atoms with Crippen LogP contribution < -0.4 is 5.32 Å².